The van der Waals surface area contributed by atoms with E-state index in [2.05, 4.69) is 10.3 Å². The standard InChI is InChI=1S/C16H18N2O4S/c1-3-22-16-13(5-4-10-17-16)11-18-15(19)12-6-8-14(9-7-12)23(2,20)21/h4-10H,3,11H2,1-2H3,(H,18,19). The topological polar surface area (TPSA) is 85.4 Å². The maximum absolute atomic E-state index is 12.1. The predicted octanol–water partition coefficient (Wildman–Crippen LogP) is 1.81. The van der Waals surface area contributed by atoms with Gasteiger partial charge in [0.1, 0.15) is 0 Å². The first kappa shape index (κ1) is 17.0. The Hall–Kier alpha value is -2.41. The molecule has 2 aromatic rings. The Kier molecular flexibility index (Phi) is 5.33. The van der Waals surface area contributed by atoms with Crippen LogP contribution in [0.3, 0.4) is 0 Å². The van der Waals surface area contributed by atoms with Gasteiger partial charge in [0.2, 0.25) is 5.88 Å². The number of rotatable bonds is 6. The average Bonchev–Trinajstić information content (AvgIpc) is 2.53. The lowest BCUT2D eigenvalue weighted by atomic mass is 10.2. The van der Waals surface area contributed by atoms with E-state index < -0.39 is 9.84 Å². The van der Waals surface area contributed by atoms with Gasteiger partial charge in [0.25, 0.3) is 5.91 Å². The Bertz CT molecular complexity index is 786. The zero-order valence-electron chi connectivity index (χ0n) is 12.9. The molecule has 0 aliphatic carbocycles. The zero-order chi connectivity index (χ0) is 16.9. The van der Waals surface area contributed by atoms with Crippen molar-refractivity contribution in [2.24, 2.45) is 0 Å². The maximum atomic E-state index is 12.1. The SMILES string of the molecule is CCOc1ncccc1CNC(=O)c1ccc(S(C)(=O)=O)cc1. The molecule has 1 aromatic carbocycles. The van der Waals surface area contributed by atoms with Crippen LogP contribution < -0.4 is 10.1 Å². The second kappa shape index (κ2) is 7.23. The smallest absolute Gasteiger partial charge is 0.251 e. The number of amides is 1. The van der Waals surface area contributed by atoms with Gasteiger partial charge in [-0.05, 0) is 37.3 Å². The highest BCUT2D eigenvalue weighted by atomic mass is 32.2. The molecule has 6 nitrogen and oxygen atoms in total. The van der Waals surface area contributed by atoms with E-state index in [0.717, 1.165) is 11.8 Å². The first-order valence-electron chi connectivity index (χ1n) is 7.07. The van der Waals surface area contributed by atoms with Crippen molar-refractivity contribution in [3.8, 4) is 5.88 Å². The Morgan fingerprint density at radius 1 is 1.22 bits per heavy atom. The molecule has 0 fully saturated rings. The molecule has 23 heavy (non-hydrogen) atoms. The number of carbonyl (C=O) groups excluding carboxylic acids is 1. The van der Waals surface area contributed by atoms with E-state index in [-0.39, 0.29) is 17.3 Å². The molecule has 0 unspecified atom stereocenters. The van der Waals surface area contributed by atoms with Crippen LogP contribution in [-0.4, -0.2) is 32.2 Å². The summed E-state index contributed by atoms with van der Waals surface area (Å²) < 4.78 is 28.2. The highest BCUT2D eigenvalue weighted by Gasteiger charge is 2.11. The molecule has 0 saturated carbocycles. The number of pyridine rings is 1. The van der Waals surface area contributed by atoms with Gasteiger partial charge in [-0.1, -0.05) is 6.07 Å². The zero-order valence-corrected chi connectivity index (χ0v) is 13.8. The number of nitrogens with one attached hydrogen (secondary N) is 1. The number of ether oxygens (including phenoxy) is 1. The van der Waals surface area contributed by atoms with Gasteiger partial charge in [-0.15, -0.1) is 0 Å². The van der Waals surface area contributed by atoms with Crippen LogP contribution in [0.1, 0.15) is 22.8 Å². The fourth-order valence-electron chi connectivity index (χ4n) is 1.96. The van der Waals surface area contributed by atoms with Crippen molar-refractivity contribution in [3.05, 3.63) is 53.7 Å². The van der Waals surface area contributed by atoms with Gasteiger partial charge in [0.15, 0.2) is 9.84 Å². The van der Waals surface area contributed by atoms with Crippen LogP contribution in [0, 0.1) is 0 Å². The summed E-state index contributed by atoms with van der Waals surface area (Å²) in [5.74, 6) is 0.194. The summed E-state index contributed by atoms with van der Waals surface area (Å²) in [5, 5.41) is 2.76. The van der Waals surface area contributed by atoms with Crippen LogP contribution >= 0.6 is 0 Å². The number of hydrogen-bond donors (Lipinski definition) is 1. The van der Waals surface area contributed by atoms with Gasteiger partial charge in [0.05, 0.1) is 11.5 Å². The molecular formula is C16H18N2O4S. The lowest BCUT2D eigenvalue weighted by Gasteiger charge is -2.10. The third kappa shape index (κ3) is 4.53. The van der Waals surface area contributed by atoms with E-state index >= 15 is 0 Å². The Morgan fingerprint density at radius 2 is 1.91 bits per heavy atom. The first-order chi connectivity index (χ1) is 10.9. The third-order valence-electron chi connectivity index (χ3n) is 3.12. The molecule has 0 aliphatic heterocycles. The molecule has 0 aliphatic rings. The minimum absolute atomic E-state index is 0.181. The Morgan fingerprint density at radius 3 is 2.52 bits per heavy atom. The summed E-state index contributed by atoms with van der Waals surface area (Å²) in [4.78, 5) is 16.4. The summed E-state index contributed by atoms with van der Waals surface area (Å²) in [6, 6.07) is 9.40. The van der Waals surface area contributed by atoms with E-state index in [4.69, 9.17) is 4.74 Å². The third-order valence-corrected chi connectivity index (χ3v) is 4.24. The number of hydrogen-bond acceptors (Lipinski definition) is 5. The van der Waals surface area contributed by atoms with Crippen molar-refractivity contribution >= 4 is 15.7 Å². The lowest BCUT2D eigenvalue weighted by molar-refractivity contribution is 0.0950. The van der Waals surface area contributed by atoms with Crippen molar-refractivity contribution in [2.75, 3.05) is 12.9 Å². The molecule has 1 aromatic heterocycles. The molecule has 1 N–H and O–H groups in total. The second-order valence-corrected chi connectivity index (χ2v) is 6.90. The number of benzene rings is 1. The lowest BCUT2D eigenvalue weighted by Crippen LogP contribution is -2.23. The van der Waals surface area contributed by atoms with Gasteiger partial charge >= 0.3 is 0 Å². The Labute approximate surface area is 135 Å². The molecule has 122 valence electrons. The van der Waals surface area contributed by atoms with Crippen molar-refractivity contribution in [3.63, 3.8) is 0 Å². The van der Waals surface area contributed by atoms with E-state index in [9.17, 15) is 13.2 Å². The van der Waals surface area contributed by atoms with Crippen LogP contribution in [0.25, 0.3) is 0 Å². The molecule has 0 bridgehead atoms. The van der Waals surface area contributed by atoms with Gasteiger partial charge in [-0.2, -0.15) is 0 Å². The molecule has 1 amide bonds. The largest absolute Gasteiger partial charge is 0.478 e. The highest BCUT2D eigenvalue weighted by molar-refractivity contribution is 7.90. The Balaban J connectivity index is 2.05. The van der Waals surface area contributed by atoms with Crippen LogP contribution in [-0.2, 0) is 16.4 Å². The molecule has 0 radical (unpaired) electrons. The summed E-state index contributed by atoms with van der Waals surface area (Å²) in [5.41, 5.74) is 1.16. The van der Waals surface area contributed by atoms with E-state index in [1.807, 2.05) is 13.0 Å². The van der Waals surface area contributed by atoms with Crippen molar-refractivity contribution < 1.29 is 17.9 Å². The maximum Gasteiger partial charge on any atom is 0.251 e. The van der Waals surface area contributed by atoms with Crippen LogP contribution in [0.2, 0.25) is 0 Å². The van der Waals surface area contributed by atoms with Gasteiger partial charge in [0, 0.05) is 30.1 Å². The average molecular weight is 334 g/mol. The summed E-state index contributed by atoms with van der Waals surface area (Å²) in [6.07, 6.45) is 2.75. The van der Waals surface area contributed by atoms with Crippen molar-refractivity contribution in [1.29, 1.82) is 0 Å². The quantitative estimate of drug-likeness (QED) is 0.871. The monoisotopic (exact) mass is 334 g/mol. The van der Waals surface area contributed by atoms with E-state index in [0.29, 0.717) is 18.1 Å². The molecule has 1 heterocycles. The van der Waals surface area contributed by atoms with Crippen LogP contribution in [0.15, 0.2) is 47.5 Å². The van der Waals surface area contributed by atoms with Crippen molar-refractivity contribution in [2.45, 2.75) is 18.4 Å². The fraction of sp³-hybridized carbons (Fsp3) is 0.250. The van der Waals surface area contributed by atoms with Crippen LogP contribution in [0.5, 0.6) is 5.88 Å². The summed E-state index contributed by atoms with van der Waals surface area (Å²) >= 11 is 0. The van der Waals surface area contributed by atoms with E-state index in [1.165, 1.54) is 24.3 Å². The first-order valence-corrected chi connectivity index (χ1v) is 8.96. The number of carbonyl (C=O) groups is 1. The van der Waals surface area contributed by atoms with Gasteiger partial charge in [-0.3, -0.25) is 4.79 Å². The molecule has 7 heteroatoms. The minimum Gasteiger partial charge on any atom is -0.478 e. The highest BCUT2D eigenvalue weighted by Crippen LogP contribution is 2.14. The second-order valence-electron chi connectivity index (χ2n) is 4.88. The number of nitrogens with zero attached hydrogens (tertiary/aromatic N) is 1. The molecule has 0 spiro atoms. The van der Waals surface area contributed by atoms with Crippen LogP contribution in [0.4, 0.5) is 0 Å². The molecular weight excluding hydrogens is 316 g/mol. The summed E-state index contributed by atoms with van der Waals surface area (Å²) in [7, 11) is -3.27. The van der Waals surface area contributed by atoms with Gasteiger partial charge in [-0.25, -0.2) is 13.4 Å². The van der Waals surface area contributed by atoms with Crippen molar-refractivity contribution in [1.82, 2.24) is 10.3 Å². The summed E-state index contributed by atoms with van der Waals surface area (Å²) in [6.45, 7) is 2.63. The normalized spacial score (nSPS) is 11.0. The number of sulfone groups is 1. The predicted molar refractivity (Wildman–Crippen MR) is 86.1 cm³/mol. The fourth-order valence-corrected chi connectivity index (χ4v) is 2.59. The molecule has 0 saturated heterocycles. The molecule has 2 rings (SSSR count). The minimum atomic E-state index is -3.27. The van der Waals surface area contributed by atoms with E-state index in [1.54, 1.807) is 12.3 Å². The number of aromatic nitrogens is 1. The van der Waals surface area contributed by atoms with Gasteiger partial charge < -0.3 is 10.1 Å². The molecule has 0 atom stereocenters.